The summed E-state index contributed by atoms with van der Waals surface area (Å²) in [6, 6.07) is 0. The van der Waals surface area contributed by atoms with Crippen LogP contribution in [-0.4, -0.2) is 16.9 Å². The normalized spacial score (nSPS) is 11.8. The van der Waals surface area contributed by atoms with Crippen LogP contribution in [0.1, 0.15) is 26.5 Å². The zero-order valence-electron chi connectivity index (χ0n) is 8.68. The van der Waals surface area contributed by atoms with Gasteiger partial charge in [0.25, 0.3) is 0 Å². The Hall–Kier alpha value is -0.700. The number of nitrogens with zero attached hydrogens (tertiary/aromatic N) is 2. The van der Waals surface area contributed by atoms with E-state index in [4.69, 9.17) is 16.3 Å². The summed E-state index contributed by atoms with van der Waals surface area (Å²) < 4.78 is 6.99. The fraction of sp³-hybridized carbons (Fsp3) is 0.667. The molecule has 1 aromatic heterocycles. The van der Waals surface area contributed by atoms with Crippen LogP contribution in [0.25, 0.3) is 0 Å². The third-order valence-electron chi connectivity index (χ3n) is 1.78. The molecule has 0 fully saturated rings. The summed E-state index contributed by atoms with van der Waals surface area (Å²) in [5.74, 6) is 0.631. The van der Waals surface area contributed by atoms with E-state index in [9.17, 15) is 0 Å². The van der Waals surface area contributed by atoms with Crippen molar-refractivity contribution in [1.29, 1.82) is 0 Å². The lowest BCUT2D eigenvalue weighted by molar-refractivity contribution is 0.282. The molecule has 0 aliphatic rings. The van der Waals surface area contributed by atoms with Gasteiger partial charge in [-0.15, -0.1) is 0 Å². The van der Waals surface area contributed by atoms with Crippen LogP contribution in [0.3, 0.4) is 0 Å². The first-order valence-corrected chi connectivity index (χ1v) is 4.55. The van der Waals surface area contributed by atoms with Crippen molar-refractivity contribution < 1.29 is 4.74 Å². The lowest BCUT2D eigenvalue weighted by atomic mass is 10.1. The van der Waals surface area contributed by atoms with Gasteiger partial charge >= 0.3 is 0 Å². The Morgan fingerprint density at radius 1 is 1.38 bits per heavy atom. The maximum absolute atomic E-state index is 6.01. The van der Waals surface area contributed by atoms with E-state index in [1.54, 1.807) is 11.8 Å². The molecule has 0 unspecified atom stereocenters. The summed E-state index contributed by atoms with van der Waals surface area (Å²) in [4.78, 5) is 0. The van der Waals surface area contributed by atoms with E-state index in [0.29, 0.717) is 10.9 Å². The van der Waals surface area contributed by atoms with Gasteiger partial charge in [-0.2, -0.15) is 5.10 Å². The summed E-state index contributed by atoms with van der Waals surface area (Å²) in [7, 11) is 1.60. The van der Waals surface area contributed by atoms with Crippen LogP contribution >= 0.6 is 11.6 Å². The van der Waals surface area contributed by atoms with Crippen LogP contribution in [0.15, 0.2) is 0 Å². The molecule has 0 N–H and O–H groups in total. The van der Waals surface area contributed by atoms with Gasteiger partial charge in [-0.25, -0.2) is 4.68 Å². The van der Waals surface area contributed by atoms with Crippen molar-refractivity contribution in [2.75, 3.05) is 7.11 Å². The summed E-state index contributed by atoms with van der Waals surface area (Å²) in [6.45, 7) is 8.03. The third-order valence-corrected chi connectivity index (χ3v) is 2.21. The number of rotatable bonds is 1. The van der Waals surface area contributed by atoms with Crippen LogP contribution in [0.4, 0.5) is 0 Å². The molecular weight excluding hydrogens is 188 g/mol. The number of halogens is 1. The number of hydrogen-bond acceptors (Lipinski definition) is 2. The van der Waals surface area contributed by atoms with Crippen molar-refractivity contribution >= 4 is 11.6 Å². The number of ether oxygens (including phenoxy) is 1. The largest absolute Gasteiger partial charge is 0.480 e. The van der Waals surface area contributed by atoms with E-state index in [2.05, 4.69) is 25.9 Å². The molecule has 0 radical (unpaired) electrons. The van der Waals surface area contributed by atoms with Crippen molar-refractivity contribution in [3.05, 3.63) is 10.7 Å². The third kappa shape index (κ3) is 1.80. The molecule has 3 nitrogen and oxygen atoms in total. The topological polar surface area (TPSA) is 27.1 Å². The highest BCUT2D eigenvalue weighted by Gasteiger charge is 2.22. The second-order valence-electron chi connectivity index (χ2n) is 3.99. The van der Waals surface area contributed by atoms with Crippen LogP contribution in [-0.2, 0) is 5.54 Å². The van der Waals surface area contributed by atoms with Crippen LogP contribution in [0.5, 0.6) is 5.88 Å². The number of hydrogen-bond donors (Lipinski definition) is 0. The van der Waals surface area contributed by atoms with Gasteiger partial charge in [0, 0.05) is 0 Å². The maximum atomic E-state index is 6.01. The maximum Gasteiger partial charge on any atom is 0.231 e. The van der Waals surface area contributed by atoms with Gasteiger partial charge in [-0.1, -0.05) is 11.6 Å². The average molecular weight is 203 g/mol. The van der Waals surface area contributed by atoms with Gasteiger partial charge in [0.15, 0.2) is 0 Å². The van der Waals surface area contributed by atoms with Gasteiger partial charge in [0.05, 0.1) is 18.3 Å². The number of aromatic nitrogens is 2. The Morgan fingerprint density at radius 2 is 1.92 bits per heavy atom. The molecule has 0 bridgehead atoms. The minimum Gasteiger partial charge on any atom is -0.480 e. The van der Waals surface area contributed by atoms with Crippen LogP contribution in [0.2, 0.25) is 5.02 Å². The molecule has 74 valence electrons. The van der Waals surface area contributed by atoms with Crippen molar-refractivity contribution in [2.24, 2.45) is 0 Å². The first kappa shape index (κ1) is 10.4. The Balaban J connectivity index is 3.30. The molecule has 0 saturated carbocycles. The molecule has 1 rings (SSSR count). The smallest absolute Gasteiger partial charge is 0.231 e. The second-order valence-corrected chi connectivity index (χ2v) is 4.37. The van der Waals surface area contributed by atoms with Crippen LogP contribution < -0.4 is 4.74 Å². The fourth-order valence-electron chi connectivity index (χ4n) is 1.12. The molecule has 0 aliphatic heterocycles. The van der Waals surface area contributed by atoms with Crippen molar-refractivity contribution in [1.82, 2.24) is 9.78 Å². The van der Waals surface area contributed by atoms with Crippen molar-refractivity contribution in [2.45, 2.75) is 33.2 Å². The molecule has 1 aromatic rings. The van der Waals surface area contributed by atoms with Gasteiger partial charge < -0.3 is 4.74 Å². The highest BCUT2D eigenvalue weighted by Crippen LogP contribution is 2.31. The predicted octanol–water partition coefficient (Wildman–Crippen LogP) is 2.61. The Kier molecular flexibility index (Phi) is 2.57. The van der Waals surface area contributed by atoms with Crippen molar-refractivity contribution in [3.63, 3.8) is 0 Å². The molecule has 0 aliphatic carbocycles. The number of methoxy groups -OCH3 is 1. The predicted molar refractivity (Wildman–Crippen MR) is 53.5 cm³/mol. The quantitative estimate of drug-likeness (QED) is 0.700. The van der Waals surface area contributed by atoms with Gasteiger partial charge in [-0.05, 0) is 27.7 Å². The molecular formula is C9H15ClN2O. The summed E-state index contributed by atoms with van der Waals surface area (Å²) in [5, 5.41) is 4.91. The zero-order chi connectivity index (χ0) is 10.2. The second kappa shape index (κ2) is 3.22. The summed E-state index contributed by atoms with van der Waals surface area (Å²) in [6.07, 6.45) is 0. The van der Waals surface area contributed by atoms with E-state index < -0.39 is 0 Å². The first-order chi connectivity index (χ1) is 5.88. The lowest BCUT2D eigenvalue weighted by Gasteiger charge is -2.21. The van der Waals surface area contributed by atoms with Gasteiger partial charge in [0.2, 0.25) is 5.88 Å². The Morgan fingerprint density at radius 3 is 2.23 bits per heavy atom. The lowest BCUT2D eigenvalue weighted by Crippen LogP contribution is -2.23. The standard InChI is InChI=1S/C9H15ClN2O/c1-6-7(10)8(13-5)12(11-6)9(2,3)4/h1-5H3. The van der Waals surface area contributed by atoms with E-state index in [1.165, 1.54) is 0 Å². The molecule has 13 heavy (non-hydrogen) atoms. The summed E-state index contributed by atoms with van der Waals surface area (Å²) in [5.41, 5.74) is 0.692. The Labute approximate surface area is 83.6 Å². The molecule has 4 heteroatoms. The van der Waals surface area contributed by atoms with Gasteiger partial charge in [0.1, 0.15) is 5.02 Å². The van der Waals surface area contributed by atoms with E-state index >= 15 is 0 Å². The van der Waals surface area contributed by atoms with E-state index in [1.807, 2.05) is 6.92 Å². The average Bonchev–Trinajstić information content (AvgIpc) is 2.28. The molecule has 0 saturated heterocycles. The zero-order valence-corrected chi connectivity index (χ0v) is 9.44. The monoisotopic (exact) mass is 202 g/mol. The molecule has 0 amide bonds. The van der Waals surface area contributed by atoms with E-state index in [0.717, 1.165) is 5.69 Å². The molecule has 0 aromatic carbocycles. The number of aryl methyl sites for hydroxylation is 1. The summed E-state index contributed by atoms with van der Waals surface area (Å²) >= 11 is 6.01. The molecule has 0 spiro atoms. The molecule has 1 heterocycles. The van der Waals surface area contributed by atoms with E-state index in [-0.39, 0.29) is 5.54 Å². The highest BCUT2D eigenvalue weighted by atomic mass is 35.5. The van der Waals surface area contributed by atoms with Gasteiger partial charge in [-0.3, -0.25) is 0 Å². The fourth-order valence-corrected chi connectivity index (χ4v) is 1.31. The van der Waals surface area contributed by atoms with Crippen molar-refractivity contribution in [3.8, 4) is 5.88 Å². The minimum absolute atomic E-state index is 0.108. The SMILES string of the molecule is COc1c(Cl)c(C)nn1C(C)(C)C. The first-order valence-electron chi connectivity index (χ1n) is 4.17. The Bertz CT molecular complexity index is 312. The molecule has 0 atom stereocenters. The highest BCUT2D eigenvalue weighted by molar-refractivity contribution is 6.32. The van der Waals surface area contributed by atoms with Crippen LogP contribution in [0, 0.1) is 6.92 Å². The minimum atomic E-state index is -0.108.